The van der Waals surface area contributed by atoms with Crippen molar-refractivity contribution in [3.05, 3.63) is 36.0 Å². The second kappa shape index (κ2) is 13.6. The van der Waals surface area contributed by atoms with Crippen LogP contribution in [0, 0.1) is 0 Å². The Hall–Kier alpha value is -3.48. The molecule has 0 saturated carbocycles. The molecule has 0 fully saturated rings. The molecule has 0 radical (unpaired) electrons. The van der Waals surface area contributed by atoms with Crippen molar-refractivity contribution in [1.29, 1.82) is 0 Å². The Morgan fingerprint density at radius 2 is 1.69 bits per heavy atom. The van der Waals surface area contributed by atoms with Crippen LogP contribution in [0.3, 0.4) is 0 Å². The van der Waals surface area contributed by atoms with Crippen LogP contribution in [-0.4, -0.2) is 75.7 Å². The molecule has 12 heteroatoms. The molecule has 0 saturated heterocycles. The summed E-state index contributed by atoms with van der Waals surface area (Å²) >= 11 is 0. The van der Waals surface area contributed by atoms with Crippen LogP contribution in [0.15, 0.2) is 30.5 Å². The molecule has 2 aromatic rings. The minimum atomic E-state index is -1.53. The summed E-state index contributed by atoms with van der Waals surface area (Å²) in [5, 5.41) is 27.0. The number of rotatable bonds is 14. The first-order valence-corrected chi connectivity index (χ1v) is 11.9. The van der Waals surface area contributed by atoms with Crippen LogP contribution in [0.25, 0.3) is 10.9 Å². The highest BCUT2D eigenvalue weighted by molar-refractivity contribution is 5.94. The van der Waals surface area contributed by atoms with Gasteiger partial charge in [-0.15, -0.1) is 0 Å². The number of carboxylic acid groups (broad SMARTS) is 1. The van der Waals surface area contributed by atoms with Crippen LogP contribution < -0.4 is 27.4 Å². The van der Waals surface area contributed by atoms with E-state index in [0.717, 1.165) is 16.5 Å². The minimum Gasteiger partial charge on any atom is -0.480 e. The number of benzene rings is 1. The van der Waals surface area contributed by atoms with Crippen molar-refractivity contribution in [3.8, 4) is 0 Å². The maximum absolute atomic E-state index is 12.9. The van der Waals surface area contributed by atoms with Gasteiger partial charge in [0.25, 0.3) is 0 Å². The van der Waals surface area contributed by atoms with Crippen molar-refractivity contribution >= 4 is 34.6 Å². The monoisotopic (exact) mass is 504 g/mol. The van der Waals surface area contributed by atoms with Gasteiger partial charge in [0.1, 0.15) is 12.1 Å². The fraction of sp³-hybridized carbons (Fsp3) is 0.500. The summed E-state index contributed by atoms with van der Waals surface area (Å²) < 4.78 is 0. The Kier molecular flexibility index (Phi) is 10.8. The molecule has 5 atom stereocenters. The molecule has 10 N–H and O–H groups in total. The Morgan fingerprint density at radius 3 is 2.33 bits per heavy atom. The number of unbranched alkanes of at least 4 members (excludes halogenated alkanes) is 1. The van der Waals surface area contributed by atoms with E-state index in [1.807, 2.05) is 24.3 Å². The fourth-order valence-corrected chi connectivity index (χ4v) is 3.72. The van der Waals surface area contributed by atoms with Gasteiger partial charge in [0.15, 0.2) is 6.04 Å². The van der Waals surface area contributed by atoms with Crippen LogP contribution in [0.2, 0.25) is 0 Å². The summed E-state index contributed by atoms with van der Waals surface area (Å²) in [4.78, 5) is 52.5. The zero-order chi connectivity index (χ0) is 26.8. The number of carboxylic acids is 1. The molecular formula is C24H36N6O6. The number of para-hydroxylation sites is 1. The van der Waals surface area contributed by atoms with Gasteiger partial charge in [-0.1, -0.05) is 18.2 Å². The number of fused-ring (bicyclic) bond motifs is 1. The lowest BCUT2D eigenvalue weighted by Crippen LogP contribution is -2.57. The van der Waals surface area contributed by atoms with Gasteiger partial charge in [-0.3, -0.25) is 14.4 Å². The summed E-state index contributed by atoms with van der Waals surface area (Å²) in [5.74, 6) is -3.34. The lowest BCUT2D eigenvalue weighted by Gasteiger charge is -2.24. The Bertz CT molecular complexity index is 1050. The number of aliphatic carboxylic acids is 1. The lowest BCUT2D eigenvalue weighted by atomic mass is 10.0. The van der Waals surface area contributed by atoms with E-state index in [9.17, 15) is 24.3 Å². The van der Waals surface area contributed by atoms with E-state index < -0.39 is 54.0 Å². The van der Waals surface area contributed by atoms with Crippen molar-refractivity contribution in [2.45, 2.75) is 69.8 Å². The van der Waals surface area contributed by atoms with Crippen molar-refractivity contribution < 1.29 is 29.4 Å². The molecule has 0 aliphatic carbocycles. The quantitative estimate of drug-likeness (QED) is 0.151. The highest BCUT2D eigenvalue weighted by Gasteiger charge is 2.30. The van der Waals surface area contributed by atoms with Crippen LogP contribution in [0.4, 0.5) is 0 Å². The van der Waals surface area contributed by atoms with Gasteiger partial charge in [0, 0.05) is 17.1 Å². The summed E-state index contributed by atoms with van der Waals surface area (Å²) in [7, 11) is 0. The first-order valence-electron chi connectivity index (χ1n) is 11.9. The number of hydrogen-bond acceptors (Lipinski definition) is 7. The van der Waals surface area contributed by atoms with Gasteiger partial charge in [-0.25, -0.2) is 4.79 Å². The van der Waals surface area contributed by atoms with Crippen LogP contribution >= 0.6 is 0 Å². The third-order valence-electron chi connectivity index (χ3n) is 5.83. The zero-order valence-electron chi connectivity index (χ0n) is 20.5. The summed E-state index contributed by atoms with van der Waals surface area (Å²) in [6.07, 6.45) is 2.16. The molecule has 1 heterocycles. The molecular weight excluding hydrogens is 468 g/mol. The predicted molar refractivity (Wildman–Crippen MR) is 134 cm³/mol. The third kappa shape index (κ3) is 8.04. The van der Waals surface area contributed by atoms with E-state index in [1.54, 1.807) is 6.20 Å². The predicted octanol–water partition coefficient (Wildman–Crippen LogP) is -0.894. The summed E-state index contributed by atoms with van der Waals surface area (Å²) in [6.45, 7) is 3.01. The molecule has 2 rings (SSSR count). The molecule has 0 bridgehead atoms. The number of amides is 3. The highest BCUT2D eigenvalue weighted by Crippen LogP contribution is 2.18. The fourth-order valence-electron chi connectivity index (χ4n) is 3.72. The van der Waals surface area contributed by atoms with E-state index in [2.05, 4.69) is 20.9 Å². The standard InChI is InChI=1S/C24H36N6O6/c1-13(21(32)30-20(14(2)31)24(35)36)28-23(34)19(9-5-6-10-25)29-22(33)17(26)11-15-12-27-18-8-4-3-7-16(15)18/h3-4,7-8,12-14,17,19-20,27,31H,5-6,9-11,25-26H2,1-2H3,(H,28,34)(H,29,33)(H,30,32)(H,35,36). The highest BCUT2D eigenvalue weighted by atomic mass is 16.4. The SMILES string of the molecule is CC(NC(=O)C(CCCCN)NC(=O)C(N)Cc1c[nH]c2ccccc12)C(=O)NC(C(=O)O)C(C)O. The van der Waals surface area contributed by atoms with E-state index in [4.69, 9.17) is 16.6 Å². The number of carbonyl (C=O) groups excluding carboxylic acids is 3. The molecule has 1 aromatic carbocycles. The minimum absolute atomic E-state index is 0.252. The topological polar surface area (TPSA) is 213 Å². The number of nitrogens with one attached hydrogen (secondary N) is 4. The molecule has 1 aromatic heterocycles. The largest absolute Gasteiger partial charge is 0.480 e. The van der Waals surface area contributed by atoms with Gasteiger partial charge < -0.3 is 42.6 Å². The number of aromatic amines is 1. The van der Waals surface area contributed by atoms with Crippen molar-refractivity contribution in [2.75, 3.05) is 6.54 Å². The maximum atomic E-state index is 12.9. The van der Waals surface area contributed by atoms with Gasteiger partial charge in [0.2, 0.25) is 17.7 Å². The number of nitrogens with two attached hydrogens (primary N) is 2. The molecule has 36 heavy (non-hydrogen) atoms. The number of hydrogen-bond donors (Lipinski definition) is 8. The summed E-state index contributed by atoms with van der Waals surface area (Å²) in [5.41, 5.74) is 13.5. The van der Waals surface area contributed by atoms with Crippen LogP contribution in [0.1, 0.15) is 38.7 Å². The van der Waals surface area contributed by atoms with Crippen molar-refractivity contribution in [3.63, 3.8) is 0 Å². The average molecular weight is 505 g/mol. The normalized spacial score (nSPS) is 15.4. The molecule has 0 spiro atoms. The van der Waals surface area contributed by atoms with Gasteiger partial charge in [-0.2, -0.15) is 0 Å². The smallest absolute Gasteiger partial charge is 0.328 e. The lowest BCUT2D eigenvalue weighted by molar-refractivity contribution is -0.145. The average Bonchev–Trinajstić information content (AvgIpc) is 3.23. The first-order chi connectivity index (χ1) is 17.0. The van der Waals surface area contributed by atoms with Crippen LogP contribution in [0.5, 0.6) is 0 Å². The molecule has 3 amide bonds. The van der Waals surface area contributed by atoms with Gasteiger partial charge >= 0.3 is 5.97 Å². The number of H-pyrrole nitrogens is 1. The molecule has 198 valence electrons. The number of aliphatic hydroxyl groups is 1. The second-order valence-corrected chi connectivity index (χ2v) is 8.81. The van der Waals surface area contributed by atoms with Crippen molar-refractivity contribution in [1.82, 2.24) is 20.9 Å². The number of aliphatic hydroxyl groups excluding tert-OH is 1. The number of aromatic nitrogens is 1. The Morgan fingerprint density at radius 1 is 1.00 bits per heavy atom. The maximum Gasteiger partial charge on any atom is 0.328 e. The van der Waals surface area contributed by atoms with E-state index in [-0.39, 0.29) is 12.8 Å². The van der Waals surface area contributed by atoms with E-state index in [0.29, 0.717) is 19.4 Å². The Labute approximate surface area is 209 Å². The van der Waals surface area contributed by atoms with Gasteiger partial charge in [-0.05, 0) is 57.7 Å². The van der Waals surface area contributed by atoms with Crippen LogP contribution in [-0.2, 0) is 25.6 Å². The molecule has 12 nitrogen and oxygen atoms in total. The zero-order valence-corrected chi connectivity index (χ0v) is 20.5. The van der Waals surface area contributed by atoms with Crippen molar-refractivity contribution in [2.24, 2.45) is 11.5 Å². The summed E-state index contributed by atoms with van der Waals surface area (Å²) in [6, 6.07) is 3.09. The molecule has 5 unspecified atom stereocenters. The van der Waals surface area contributed by atoms with E-state index in [1.165, 1.54) is 13.8 Å². The molecule has 0 aliphatic heterocycles. The molecule has 0 aliphatic rings. The number of carbonyl (C=O) groups is 4. The van der Waals surface area contributed by atoms with Gasteiger partial charge in [0.05, 0.1) is 12.1 Å². The third-order valence-corrected chi connectivity index (χ3v) is 5.83. The first kappa shape index (κ1) is 28.8. The Balaban J connectivity index is 2.03. The second-order valence-electron chi connectivity index (χ2n) is 8.81. The van der Waals surface area contributed by atoms with E-state index >= 15 is 0 Å².